The molecule has 0 spiro atoms. The molecule has 1 heterocycles. The van der Waals surface area contributed by atoms with Crippen LogP contribution in [0.4, 0.5) is 11.4 Å². The fourth-order valence-corrected chi connectivity index (χ4v) is 3.50. The molecular weight excluding hydrogens is 418 g/mol. The molecule has 4 rings (SSSR count). The summed E-state index contributed by atoms with van der Waals surface area (Å²) < 4.78 is 10.5. The Labute approximate surface area is 191 Å². The summed E-state index contributed by atoms with van der Waals surface area (Å²) >= 11 is 0. The Bertz CT molecular complexity index is 1330. The maximum atomic E-state index is 13.0. The standard InChI is InChI=1S/C26H23N3O4/c1-16-13-23(27)22-14-19(9-12-24(22)28-16)29-25(30)21-6-4-3-5-18(21)15-33-20-10-7-17(8-11-20)26(31)32-2/h3-14H,15H2,1-2H3,(H2,27,28)(H,29,30). The number of nitrogens with zero attached hydrogens (tertiary/aromatic N) is 1. The first-order valence-corrected chi connectivity index (χ1v) is 10.3. The first kappa shape index (κ1) is 21.8. The van der Waals surface area contributed by atoms with Crippen LogP contribution in [-0.4, -0.2) is 24.0 Å². The molecule has 0 saturated carbocycles. The van der Waals surface area contributed by atoms with E-state index in [-0.39, 0.29) is 12.5 Å². The molecule has 0 aliphatic heterocycles. The summed E-state index contributed by atoms with van der Waals surface area (Å²) in [6, 6.07) is 21.1. The Morgan fingerprint density at radius 3 is 2.52 bits per heavy atom. The zero-order valence-electron chi connectivity index (χ0n) is 18.3. The topological polar surface area (TPSA) is 104 Å². The van der Waals surface area contributed by atoms with Crippen molar-refractivity contribution in [3.63, 3.8) is 0 Å². The van der Waals surface area contributed by atoms with Crippen molar-refractivity contribution in [3.05, 3.63) is 95.2 Å². The van der Waals surface area contributed by atoms with Crippen LogP contribution >= 0.6 is 0 Å². The second-order valence-electron chi connectivity index (χ2n) is 7.50. The number of rotatable bonds is 6. The molecule has 0 saturated heterocycles. The second-order valence-corrected chi connectivity index (χ2v) is 7.50. The van der Waals surface area contributed by atoms with E-state index in [1.54, 1.807) is 48.5 Å². The molecule has 166 valence electrons. The van der Waals surface area contributed by atoms with Gasteiger partial charge in [0.2, 0.25) is 0 Å². The summed E-state index contributed by atoms with van der Waals surface area (Å²) in [6.45, 7) is 2.08. The van der Waals surface area contributed by atoms with Crippen molar-refractivity contribution >= 4 is 34.2 Å². The van der Waals surface area contributed by atoms with Crippen LogP contribution in [0.15, 0.2) is 72.8 Å². The third-order valence-electron chi connectivity index (χ3n) is 5.16. The molecule has 33 heavy (non-hydrogen) atoms. The smallest absolute Gasteiger partial charge is 0.337 e. The Kier molecular flexibility index (Phi) is 6.22. The van der Waals surface area contributed by atoms with Crippen LogP contribution in [0.25, 0.3) is 10.9 Å². The van der Waals surface area contributed by atoms with Crippen LogP contribution in [0, 0.1) is 6.92 Å². The zero-order chi connectivity index (χ0) is 23.4. The van der Waals surface area contributed by atoms with E-state index in [1.165, 1.54) is 7.11 Å². The number of nitrogens with one attached hydrogen (secondary N) is 1. The highest BCUT2D eigenvalue weighted by molar-refractivity contribution is 6.06. The van der Waals surface area contributed by atoms with Gasteiger partial charge in [-0.15, -0.1) is 0 Å². The number of amides is 1. The SMILES string of the molecule is COC(=O)c1ccc(OCc2ccccc2C(=O)Nc2ccc3nc(C)cc(N)c3c2)cc1. The van der Waals surface area contributed by atoms with Crippen molar-refractivity contribution < 1.29 is 19.1 Å². The highest BCUT2D eigenvalue weighted by Crippen LogP contribution is 2.25. The average Bonchev–Trinajstić information content (AvgIpc) is 2.83. The number of fused-ring (bicyclic) bond motifs is 1. The third-order valence-corrected chi connectivity index (χ3v) is 5.16. The van der Waals surface area contributed by atoms with Crippen molar-refractivity contribution in [2.75, 3.05) is 18.2 Å². The number of aryl methyl sites for hydroxylation is 1. The molecule has 7 heteroatoms. The Morgan fingerprint density at radius 2 is 1.76 bits per heavy atom. The van der Waals surface area contributed by atoms with Gasteiger partial charge >= 0.3 is 5.97 Å². The number of nitrogens with two attached hydrogens (primary N) is 1. The molecule has 0 radical (unpaired) electrons. The molecule has 7 nitrogen and oxygen atoms in total. The lowest BCUT2D eigenvalue weighted by Gasteiger charge is -2.12. The van der Waals surface area contributed by atoms with Gasteiger partial charge in [-0.05, 0) is 61.5 Å². The molecule has 0 aliphatic carbocycles. The number of pyridine rings is 1. The zero-order valence-corrected chi connectivity index (χ0v) is 18.3. The molecule has 3 N–H and O–H groups in total. The summed E-state index contributed by atoms with van der Waals surface area (Å²) in [7, 11) is 1.33. The van der Waals surface area contributed by atoms with Crippen LogP contribution in [0.3, 0.4) is 0 Å². The number of carbonyl (C=O) groups excluding carboxylic acids is 2. The number of ether oxygens (including phenoxy) is 2. The predicted molar refractivity (Wildman–Crippen MR) is 127 cm³/mol. The number of hydrogen-bond donors (Lipinski definition) is 2. The van der Waals surface area contributed by atoms with Crippen LogP contribution in [-0.2, 0) is 11.3 Å². The minimum absolute atomic E-state index is 0.190. The van der Waals surface area contributed by atoms with Gasteiger partial charge in [0.25, 0.3) is 5.91 Å². The molecule has 0 atom stereocenters. The van der Waals surface area contributed by atoms with Gasteiger partial charge in [0.05, 0.1) is 18.2 Å². The number of methoxy groups -OCH3 is 1. The first-order chi connectivity index (χ1) is 15.9. The molecule has 4 aromatic rings. The number of carbonyl (C=O) groups is 2. The van der Waals surface area contributed by atoms with Crippen molar-refractivity contribution in [1.82, 2.24) is 4.98 Å². The molecule has 0 fully saturated rings. The largest absolute Gasteiger partial charge is 0.489 e. The number of esters is 1. The molecule has 0 aliphatic rings. The molecule has 0 bridgehead atoms. The quantitative estimate of drug-likeness (QED) is 0.419. The van der Waals surface area contributed by atoms with Crippen molar-refractivity contribution in [3.8, 4) is 5.75 Å². The van der Waals surface area contributed by atoms with Crippen LogP contribution in [0.2, 0.25) is 0 Å². The number of benzene rings is 3. The van der Waals surface area contributed by atoms with Crippen molar-refractivity contribution in [1.29, 1.82) is 0 Å². The molecule has 1 amide bonds. The van der Waals surface area contributed by atoms with Gasteiger partial charge < -0.3 is 20.5 Å². The van der Waals surface area contributed by atoms with E-state index < -0.39 is 5.97 Å². The van der Waals surface area contributed by atoms with Gasteiger partial charge in [-0.25, -0.2) is 4.79 Å². The molecule has 1 aromatic heterocycles. The minimum atomic E-state index is -0.412. The van der Waals surface area contributed by atoms with Crippen molar-refractivity contribution in [2.24, 2.45) is 0 Å². The van der Waals surface area contributed by atoms with Crippen molar-refractivity contribution in [2.45, 2.75) is 13.5 Å². The molecule has 3 aromatic carbocycles. The lowest BCUT2D eigenvalue weighted by molar-refractivity contribution is 0.0600. The number of nitrogen functional groups attached to an aromatic ring is 1. The van der Waals surface area contributed by atoms with E-state index in [0.29, 0.717) is 28.3 Å². The first-order valence-electron chi connectivity index (χ1n) is 10.3. The maximum Gasteiger partial charge on any atom is 0.337 e. The second kappa shape index (κ2) is 9.40. The highest BCUT2D eigenvalue weighted by atomic mass is 16.5. The summed E-state index contributed by atoms with van der Waals surface area (Å²) in [4.78, 5) is 29.0. The van der Waals surface area contributed by atoms with Gasteiger partial charge in [-0.2, -0.15) is 0 Å². The number of anilines is 2. The van der Waals surface area contributed by atoms with Gasteiger partial charge in [0.1, 0.15) is 12.4 Å². The normalized spacial score (nSPS) is 10.6. The molecular formula is C26H23N3O4. The minimum Gasteiger partial charge on any atom is -0.489 e. The summed E-state index contributed by atoms with van der Waals surface area (Å²) in [6.07, 6.45) is 0. The van der Waals surface area contributed by atoms with E-state index in [9.17, 15) is 9.59 Å². The Balaban J connectivity index is 1.49. The van der Waals surface area contributed by atoms with E-state index in [2.05, 4.69) is 10.3 Å². The van der Waals surface area contributed by atoms with Crippen LogP contribution in [0.1, 0.15) is 32.0 Å². The fourth-order valence-electron chi connectivity index (χ4n) is 3.50. The van der Waals surface area contributed by atoms with Gasteiger partial charge in [0, 0.05) is 33.6 Å². The third kappa shape index (κ3) is 4.93. The van der Waals surface area contributed by atoms with Gasteiger partial charge in [-0.3, -0.25) is 9.78 Å². The van der Waals surface area contributed by atoms with E-state index in [4.69, 9.17) is 15.2 Å². The van der Waals surface area contributed by atoms with Crippen LogP contribution in [0.5, 0.6) is 5.75 Å². The molecule has 0 unspecified atom stereocenters. The summed E-state index contributed by atoms with van der Waals surface area (Å²) in [5.74, 6) is -0.0937. The average molecular weight is 441 g/mol. The summed E-state index contributed by atoms with van der Waals surface area (Å²) in [5, 5.41) is 3.71. The van der Waals surface area contributed by atoms with E-state index in [0.717, 1.165) is 22.2 Å². The van der Waals surface area contributed by atoms with E-state index in [1.807, 2.05) is 31.2 Å². The maximum absolute atomic E-state index is 13.0. The van der Waals surface area contributed by atoms with Crippen LogP contribution < -0.4 is 15.8 Å². The Morgan fingerprint density at radius 1 is 1.00 bits per heavy atom. The number of hydrogen-bond acceptors (Lipinski definition) is 6. The predicted octanol–water partition coefficient (Wildman–Crippen LogP) is 4.74. The summed E-state index contributed by atoms with van der Waals surface area (Å²) in [5.41, 5.74) is 10.6. The van der Waals surface area contributed by atoms with Gasteiger partial charge in [-0.1, -0.05) is 18.2 Å². The lowest BCUT2D eigenvalue weighted by Crippen LogP contribution is -2.15. The Hall–Kier alpha value is -4.39. The van der Waals surface area contributed by atoms with E-state index >= 15 is 0 Å². The van der Waals surface area contributed by atoms with Gasteiger partial charge in [0.15, 0.2) is 0 Å². The number of aromatic nitrogens is 1. The monoisotopic (exact) mass is 441 g/mol. The highest BCUT2D eigenvalue weighted by Gasteiger charge is 2.13. The fraction of sp³-hybridized carbons (Fsp3) is 0.115. The lowest BCUT2D eigenvalue weighted by atomic mass is 10.1.